The molecule has 0 aromatic carbocycles. The van der Waals surface area contributed by atoms with Crippen LogP contribution in [0.4, 0.5) is 0 Å². The fraction of sp³-hybridized carbons (Fsp3) is 0.826. The SMILES string of the molecule is C=C(C)[C@H]1CC[C@H]2[C@@H]3CC[C@H]4C[C@@](O)(C#CCl)CC[C@@H]4[C@H]3CC[C@]12C. The third-order valence-corrected chi connectivity index (χ3v) is 8.98. The van der Waals surface area contributed by atoms with Crippen LogP contribution in [-0.2, 0) is 0 Å². The second-order valence-electron chi connectivity index (χ2n) is 9.95. The van der Waals surface area contributed by atoms with Crippen LogP contribution >= 0.6 is 11.6 Å². The van der Waals surface area contributed by atoms with Gasteiger partial charge in [0.25, 0.3) is 0 Å². The number of hydrogen-bond acceptors (Lipinski definition) is 1. The predicted molar refractivity (Wildman–Crippen MR) is 104 cm³/mol. The minimum absolute atomic E-state index is 0.499. The first-order valence-corrected chi connectivity index (χ1v) is 10.8. The molecule has 0 heterocycles. The Kier molecular flexibility index (Phi) is 4.53. The van der Waals surface area contributed by atoms with Gasteiger partial charge in [-0.25, -0.2) is 0 Å². The van der Waals surface area contributed by atoms with Gasteiger partial charge < -0.3 is 5.11 Å². The van der Waals surface area contributed by atoms with Crippen molar-refractivity contribution in [3.8, 4) is 11.3 Å². The molecule has 25 heavy (non-hydrogen) atoms. The molecule has 4 aliphatic carbocycles. The molecule has 1 N–H and O–H groups in total. The average molecular weight is 361 g/mol. The van der Waals surface area contributed by atoms with Gasteiger partial charge in [0.15, 0.2) is 0 Å². The monoisotopic (exact) mass is 360 g/mol. The highest BCUT2D eigenvalue weighted by Crippen LogP contribution is 2.65. The van der Waals surface area contributed by atoms with Crippen LogP contribution in [0.5, 0.6) is 0 Å². The lowest BCUT2D eigenvalue weighted by molar-refractivity contribution is -0.0872. The van der Waals surface area contributed by atoms with E-state index in [1.807, 2.05) is 0 Å². The van der Waals surface area contributed by atoms with Gasteiger partial charge in [0, 0.05) is 5.38 Å². The van der Waals surface area contributed by atoms with Gasteiger partial charge in [-0.15, -0.1) is 0 Å². The number of halogens is 1. The highest BCUT2D eigenvalue weighted by molar-refractivity contribution is 6.30. The summed E-state index contributed by atoms with van der Waals surface area (Å²) in [4.78, 5) is 0. The summed E-state index contributed by atoms with van der Waals surface area (Å²) in [5.41, 5.74) is 1.09. The van der Waals surface area contributed by atoms with Crippen LogP contribution in [0.3, 0.4) is 0 Å². The molecule has 0 amide bonds. The van der Waals surface area contributed by atoms with Gasteiger partial charge in [-0.05, 0) is 117 Å². The van der Waals surface area contributed by atoms with Crippen LogP contribution in [0, 0.1) is 52.2 Å². The standard InChI is InChI=1S/C23H33ClO/c1-15(2)20-6-7-21-19-5-4-16-14-23(25,12-13-24)11-9-17(16)18(19)8-10-22(20,21)3/h16-21,25H,1,4-11,14H2,2-3H3/t16-,17-,18+,19+,20+,21-,22+,23-/m0/s1. The summed E-state index contributed by atoms with van der Waals surface area (Å²) >= 11 is 5.60. The third-order valence-electron chi connectivity index (χ3n) is 8.88. The topological polar surface area (TPSA) is 20.2 Å². The maximum Gasteiger partial charge on any atom is 0.127 e. The fourth-order valence-electron chi connectivity index (χ4n) is 7.89. The molecule has 4 saturated carbocycles. The molecule has 0 aliphatic heterocycles. The molecule has 138 valence electrons. The van der Waals surface area contributed by atoms with E-state index >= 15 is 0 Å². The van der Waals surface area contributed by atoms with Crippen LogP contribution in [-0.4, -0.2) is 10.7 Å². The molecular weight excluding hydrogens is 328 g/mol. The zero-order valence-electron chi connectivity index (χ0n) is 15.9. The molecule has 0 bridgehead atoms. The summed E-state index contributed by atoms with van der Waals surface area (Å²) in [5, 5.41) is 13.2. The molecule has 0 radical (unpaired) electrons. The summed E-state index contributed by atoms with van der Waals surface area (Å²) in [6.07, 6.45) is 11.0. The summed E-state index contributed by atoms with van der Waals surface area (Å²) in [7, 11) is 0. The van der Waals surface area contributed by atoms with E-state index in [1.54, 1.807) is 0 Å². The summed E-state index contributed by atoms with van der Waals surface area (Å²) in [6.45, 7) is 9.15. The quantitative estimate of drug-likeness (QED) is 0.465. The molecule has 0 spiro atoms. The van der Waals surface area contributed by atoms with E-state index in [-0.39, 0.29) is 0 Å². The molecule has 4 fully saturated rings. The van der Waals surface area contributed by atoms with Gasteiger partial charge in [-0.3, -0.25) is 0 Å². The maximum atomic E-state index is 10.7. The molecule has 4 rings (SSSR count). The van der Waals surface area contributed by atoms with E-state index in [2.05, 4.69) is 31.7 Å². The molecule has 0 saturated heterocycles. The summed E-state index contributed by atoms with van der Waals surface area (Å²) in [5.74, 6) is 7.79. The van der Waals surface area contributed by atoms with Crippen molar-refractivity contribution in [2.75, 3.05) is 0 Å². The molecule has 0 unspecified atom stereocenters. The van der Waals surface area contributed by atoms with E-state index in [9.17, 15) is 5.11 Å². The van der Waals surface area contributed by atoms with Gasteiger partial charge in [0.2, 0.25) is 0 Å². The van der Waals surface area contributed by atoms with Gasteiger partial charge in [-0.1, -0.05) is 25.0 Å². The highest BCUT2D eigenvalue weighted by atomic mass is 35.5. The molecule has 1 nitrogen and oxygen atoms in total. The number of rotatable bonds is 1. The number of aliphatic hydroxyl groups is 1. The molecule has 0 aromatic heterocycles. The fourth-order valence-corrected chi connectivity index (χ4v) is 8.07. The Bertz CT molecular complexity index is 615. The Morgan fingerprint density at radius 1 is 1.04 bits per heavy atom. The summed E-state index contributed by atoms with van der Waals surface area (Å²) < 4.78 is 0. The molecule has 4 aliphatic rings. The first-order valence-electron chi connectivity index (χ1n) is 10.4. The van der Waals surface area contributed by atoms with Crippen LogP contribution < -0.4 is 0 Å². The lowest BCUT2D eigenvalue weighted by Crippen LogP contribution is -2.50. The number of hydrogen-bond donors (Lipinski definition) is 1. The minimum atomic E-state index is -0.822. The first kappa shape index (κ1) is 17.9. The van der Waals surface area contributed by atoms with E-state index < -0.39 is 5.60 Å². The van der Waals surface area contributed by atoms with Crippen molar-refractivity contribution in [1.29, 1.82) is 0 Å². The number of fused-ring (bicyclic) bond motifs is 5. The van der Waals surface area contributed by atoms with Crippen molar-refractivity contribution in [2.24, 2.45) is 40.9 Å². The van der Waals surface area contributed by atoms with Crippen molar-refractivity contribution in [2.45, 2.75) is 77.2 Å². The maximum absolute atomic E-state index is 10.7. The first-order chi connectivity index (χ1) is 11.9. The second kappa shape index (κ2) is 6.31. The van der Waals surface area contributed by atoms with Gasteiger partial charge in [0.05, 0.1) is 0 Å². The smallest absolute Gasteiger partial charge is 0.127 e. The molecule has 0 aromatic rings. The highest BCUT2D eigenvalue weighted by Gasteiger charge is 2.57. The van der Waals surface area contributed by atoms with Crippen molar-refractivity contribution < 1.29 is 5.11 Å². The minimum Gasteiger partial charge on any atom is -0.378 e. The lowest BCUT2D eigenvalue weighted by Gasteiger charge is -2.57. The van der Waals surface area contributed by atoms with Crippen LogP contribution in [0.25, 0.3) is 0 Å². The molecule has 2 heteroatoms. The van der Waals surface area contributed by atoms with E-state index in [4.69, 9.17) is 11.6 Å². The van der Waals surface area contributed by atoms with E-state index in [1.165, 1.54) is 44.1 Å². The number of allylic oxidation sites excluding steroid dienone is 1. The normalized spacial score (nSPS) is 51.5. The zero-order chi connectivity index (χ0) is 17.8. The molecule has 8 atom stereocenters. The van der Waals surface area contributed by atoms with Crippen molar-refractivity contribution in [3.05, 3.63) is 12.2 Å². The van der Waals surface area contributed by atoms with E-state index in [0.717, 1.165) is 48.9 Å². The molecular formula is C23H33ClO. The van der Waals surface area contributed by atoms with E-state index in [0.29, 0.717) is 11.3 Å². The van der Waals surface area contributed by atoms with Crippen LogP contribution in [0.1, 0.15) is 71.6 Å². The van der Waals surface area contributed by atoms with Gasteiger partial charge in [-0.2, -0.15) is 0 Å². The average Bonchev–Trinajstić information content (AvgIpc) is 2.91. The lowest BCUT2D eigenvalue weighted by atomic mass is 9.49. The van der Waals surface area contributed by atoms with Crippen LogP contribution in [0.15, 0.2) is 12.2 Å². The van der Waals surface area contributed by atoms with Crippen LogP contribution in [0.2, 0.25) is 0 Å². The zero-order valence-corrected chi connectivity index (χ0v) is 16.6. The van der Waals surface area contributed by atoms with Crippen molar-refractivity contribution in [1.82, 2.24) is 0 Å². The Hall–Kier alpha value is -0.450. The third kappa shape index (κ3) is 2.80. The predicted octanol–water partition coefficient (Wildman–Crippen LogP) is 5.76. The van der Waals surface area contributed by atoms with Gasteiger partial charge in [0.1, 0.15) is 5.60 Å². The largest absolute Gasteiger partial charge is 0.378 e. The Morgan fingerprint density at radius 3 is 2.52 bits per heavy atom. The second-order valence-corrected chi connectivity index (χ2v) is 10.1. The van der Waals surface area contributed by atoms with Gasteiger partial charge >= 0.3 is 0 Å². The van der Waals surface area contributed by atoms with Crippen molar-refractivity contribution >= 4 is 11.6 Å². The Labute approximate surface area is 158 Å². The van der Waals surface area contributed by atoms with Crippen molar-refractivity contribution in [3.63, 3.8) is 0 Å². The Morgan fingerprint density at radius 2 is 1.80 bits per heavy atom. The Balaban J connectivity index is 1.53. The summed E-state index contributed by atoms with van der Waals surface area (Å²) in [6, 6.07) is 0.